The molecule has 1 N–H and O–H groups in total. The molecule has 1 aliphatic heterocycles. The summed E-state index contributed by atoms with van der Waals surface area (Å²) in [5, 5.41) is 13.3. The predicted octanol–water partition coefficient (Wildman–Crippen LogP) is 0.777. The van der Waals surface area contributed by atoms with Gasteiger partial charge in [0.2, 0.25) is 0 Å². The van der Waals surface area contributed by atoms with Crippen LogP contribution in [-0.4, -0.2) is 28.1 Å². The minimum Gasteiger partial charge on any atom is -0.315 e. The quantitative estimate of drug-likeness (QED) is 0.794. The molecule has 3 heterocycles. The lowest BCUT2D eigenvalue weighted by Crippen LogP contribution is -2.38. The highest BCUT2D eigenvalue weighted by atomic mass is 32.1. The monoisotopic (exact) mass is 236 g/mol. The van der Waals surface area contributed by atoms with Gasteiger partial charge in [-0.25, -0.2) is 4.68 Å². The second-order valence-corrected chi connectivity index (χ2v) is 4.89. The molecule has 0 bridgehead atoms. The van der Waals surface area contributed by atoms with Crippen LogP contribution in [0.3, 0.4) is 0 Å². The molecular weight excluding hydrogens is 224 g/mol. The van der Waals surface area contributed by atoms with Crippen LogP contribution >= 0.6 is 11.3 Å². The molecule has 1 unspecified atom stereocenters. The van der Waals surface area contributed by atoms with E-state index in [1.807, 2.05) is 11.4 Å². The topological polar surface area (TPSA) is 59.8 Å². The maximum atomic E-state index is 12.1. The molecule has 0 saturated carbocycles. The van der Waals surface area contributed by atoms with E-state index >= 15 is 0 Å². The second-order valence-electron chi connectivity index (χ2n) is 3.97. The van der Waals surface area contributed by atoms with Crippen molar-refractivity contribution in [1.82, 2.24) is 20.3 Å². The average Bonchev–Trinajstić information content (AvgIpc) is 2.80. The Bertz CT molecular complexity index is 555. The van der Waals surface area contributed by atoms with Crippen LogP contribution in [0.4, 0.5) is 0 Å². The van der Waals surface area contributed by atoms with Crippen molar-refractivity contribution in [1.29, 1.82) is 0 Å². The summed E-state index contributed by atoms with van der Waals surface area (Å²) in [4.78, 5) is 12.1. The van der Waals surface area contributed by atoms with E-state index in [-0.39, 0.29) is 11.6 Å². The highest BCUT2D eigenvalue weighted by molar-refractivity contribution is 7.17. The van der Waals surface area contributed by atoms with Gasteiger partial charge in [-0.1, -0.05) is 5.21 Å². The number of nitrogens with zero attached hydrogens (tertiary/aromatic N) is 3. The fourth-order valence-electron chi connectivity index (χ4n) is 2.06. The zero-order valence-corrected chi connectivity index (χ0v) is 9.54. The number of hydrogen-bond acceptors (Lipinski definition) is 5. The Morgan fingerprint density at radius 2 is 2.50 bits per heavy atom. The van der Waals surface area contributed by atoms with Crippen LogP contribution in [0.1, 0.15) is 18.9 Å². The summed E-state index contributed by atoms with van der Waals surface area (Å²) in [7, 11) is 0. The number of thiophene rings is 1. The lowest BCUT2D eigenvalue weighted by Gasteiger charge is -2.22. The third kappa shape index (κ3) is 1.54. The zero-order valence-electron chi connectivity index (χ0n) is 8.72. The summed E-state index contributed by atoms with van der Waals surface area (Å²) >= 11 is 1.44. The van der Waals surface area contributed by atoms with Crippen LogP contribution in [0.15, 0.2) is 16.2 Å². The Morgan fingerprint density at radius 1 is 1.56 bits per heavy atom. The first-order valence-electron chi connectivity index (χ1n) is 5.39. The van der Waals surface area contributed by atoms with E-state index in [1.165, 1.54) is 16.0 Å². The Labute approximate surface area is 96.1 Å². The van der Waals surface area contributed by atoms with E-state index < -0.39 is 0 Å². The fraction of sp³-hybridized carbons (Fsp3) is 0.500. The van der Waals surface area contributed by atoms with E-state index in [4.69, 9.17) is 0 Å². The van der Waals surface area contributed by atoms with Gasteiger partial charge in [-0.05, 0) is 30.8 Å². The highest BCUT2D eigenvalue weighted by Gasteiger charge is 2.18. The number of aromatic nitrogens is 3. The third-order valence-electron chi connectivity index (χ3n) is 2.91. The molecule has 16 heavy (non-hydrogen) atoms. The van der Waals surface area contributed by atoms with Crippen molar-refractivity contribution in [3.8, 4) is 0 Å². The van der Waals surface area contributed by atoms with Gasteiger partial charge in [0.15, 0.2) is 0 Å². The van der Waals surface area contributed by atoms with Crippen LogP contribution in [0, 0.1) is 0 Å². The molecule has 1 aliphatic rings. The highest BCUT2D eigenvalue weighted by Crippen LogP contribution is 2.16. The average molecular weight is 236 g/mol. The van der Waals surface area contributed by atoms with Gasteiger partial charge in [0.25, 0.3) is 5.56 Å². The molecule has 1 fully saturated rings. The van der Waals surface area contributed by atoms with Gasteiger partial charge in [-0.3, -0.25) is 4.79 Å². The minimum atomic E-state index is -0.00583. The van der Waals surface area contributed by atoms with Gasteiger partial charge in [0.05, 0.1) is 6.04 Å². The minimum absolute atomic E-state index is 0.00583. The van der Waals surface area contributed by atoms with E-state index in [0.717, 1.165) is 25.9 Å². The Morgan fingerprint density at radius 3 is 3.31 bits per heavy atom. The molecule has 1 saturated heterocycles. The normalized spacial score (nSPS) is 21.4. The van der Waals surface area contributed by atoms with E-state index in [9.17, 15) is 4.79 Å². The predicted molar refractivity (Wildman–Crippen MR) is 62.8 cm³/mol. The number of piperidine rings is 1. The lowest BCUT2D eigenvalue weighted by atomic mass is 10.1. The van der Waals surface area contributed by atoms with Crippen LogP contribution in [0.2, 0.25) is 0 Å². The maximum absolute atomic E-state index is 12.1. The molecule has 3 rings (SSSR count). The number of fused-ring (bicyclic) bond motifs is 1. The van der Waals surface area contributed by atoms with Gasteiger partial charge in [0.1, 0.15) is 10.2 Å². The SMILES string of the molecule is O=c1c2sccc2nnn1C1CCCNC1. The molecule has 84 valence electrons. The van der Waals surface area contributed by atoms with Gasteiger partial charge in [0, 0.05) is 6.54 Å². The van der Waals surface area contributed by atoms with Crippen molar-refractivity contribution >= 4 is 21.6 Å². The molecule has 0 amide bonds. The van der Waals surface area contributed by atoms with Gasteiger partial charge < -0.3 is 5.32 Å². The molecule has 2 aromatic rings. The van der Waals surface area contributed by atoms with Gasteiger partial charge in [-0.15, -0.1) is 16.4 Å². The van der Waals surface area contributed by atoms with Crippen LogP contribution in [0.5, 0.6) is 0 Å². The summed E-state index contributed by atoms with van der Waals surface area (Å²) in [6, 6.07) is 1.98. The van der Waals surface area contributed by atoms with Gasteiger partial charge in [-0.2, -0.15) is 0 Å². The Hall–Kier alpha value is -1.27. The van der Waals surface area contributed by atoms with Crippen molar-refractivity contribution in [3.05, 3.63) is 21.8 Å². The number of hydrogen-bond donors (Lipinski definition) is 1. The van der Waals surface area contributed by atoms with Crippen LogP contribution in [0.25, 0.3) is 10.2 Å². The molecule has 0 aromatic carbocycles. The van der Waals surface area contributed by atoms with E-state index in [0.29, 0.717) is 10.2 Å². The number of rotatable bonds is 1. The molecule has 0 spiro atoms. The molecule has 5 nitrogen and oxygen atoms in total. The summed E-state index contributed by atoms with van der Waals surface area (Å²) in [6.45, 7) is 1.84. The standard InChI is InChI=1S/C10H12N4OS/c15-10-9-8(3-5-16-9)12-13-14(10)7-2-1-4-11-6-7/h3,5,7,11H,1-2,4,6H2. The van der Waals surface area contributed by atoms with Crippen LogP contribution in [-0.2, 0) is 0 Å². The fourth-order valence-corrected chi connectivity index (χ4v) is 2.82. The molecule has 1 atom stereocenters. The number of nitrogens with one attached hydrogen (secondary N) is 1. The molecule has 0 aliphatic carbocycles. The van der Waals surface area contributed by atoms with E-state index in [1.54, 1.807) is 0 Å². The summed E-state index contributed by atoms with van der Waals surface area (Å²) in [5.41, 5.74) is 0.698. The van der Waals surface area contributed by atoms with Crippen LogP contribution < -0.4 is 10.9 Å². The zero-order chi connectivity index (χ0) is 11.0. The van der Waals surface area contributed by atoms with Crippen molar-refractivity contribution in [3.63, 3.8) is 0 Å². The van der Waals surface area contributed by atoms with Crippen molar-refractivity contribution in [2.24, 2.45) is 0 Å². The van der Waals surface area contributed by atoms with E-state index in [2.05, 4.69) is 15.6 Å². The first-order chi connectivity index (χ1) is 7.86. The maximum Gasteiger partial charge on any atom is 0.288 e. The van der Waals surface area contributed by atoms with Crippen molar-refractivity contribution < 1.29 is 0 Å². The molecular formula is C10H12N4OS. The molecule has 6 heteroatoms. The lowest BCUT2D eigenvalue weighted by molar-refractivity contribution is 0.328. The largest absolute Gasteiger partial charge is 0.315 e. The summed E-state index contributed by atoms with van der Waals surface area (Å²) in [6.07, 6.45) is 2.08. The molecule has 2 aromatic heterocycles. The first kappa shape index (κ1) is 9.92. The third-order valence-corrected chi connectivity index (χ3v) is 3.80. The van der Waals surface area contributed by atoms with Gasteiger partial charge >= 0.3 is 0 Å². The smallest absolute Gasteiger partial charge is 0.288 e. The summed E-state index contributed by atoms with van der Waals surface area (Å²) < 4.78 is 2.24. The first-order valence-corrected chi connectivity index (χ1v) is 6.27. The van der Waals surface area contributed by atoms with Crippen molar-refractivity contribution in [2.75, 3.05) is 13.1 Å². The summed E-state index contributed by atoms with van der Waals surface area (Å²) in [5.74, 6) is 0. The Kier molecular flexibility index (Phi) is 2.45. The molecule has 0 radical (unpaired) electrons. The van der Waals surface area contributed by atoms with Crippen molar-refractivity contribution in [2.45, 2.75) is 18.9 Å². The Balaban J connectivity index is 2.09. The second kappa shape index (κ2) is 3.95.